The van der Waals surface area contributed by atoms with Gasteiger partial charge in [0, 0.05) is 65.6 Å². The number of nitrogens with one attached hydrogen (secondary N) is 2. The molecule has 1 aromatic heterocycles. The maximum atomic E-state index is 13.8. The number of aromatic amines is 1. The third-order valence-electron chi connectivity index (χ3n) is 7.97. The SMILES string of the molecule is C[C@@H]1Cc2c([nH]c3ccccc23)[C@@H](c2ccc(NC3CCN(CCCF)CC3)cc2OC(F)(F)F)N1CC(F)F. The number of hydrogen-bond donors (Lipinski definition) is 2. The van der Waals surface area contributed by atoms with Crippen LogP contribution in [0.15, 0.2) is 42.5 Å². The van der Waals surface area contributed by atoms with Crippen molar-refractivity contribution >= 4 is 16.6 Å². The third-order valence-corrected chi connectivity index (χ3v) is 7.97. The average Bonchev–Trinajstić information content (AvgIpc) is 3.26. The quantitative estimate of drug-likeness (QED) is 0.276. The molecule has 0 amide bonds. The van der Waals surface area contributed by atoms with E-state index in [2.05, 4.69) is 19.9 Å². The summed E-state index contributed by atoms with van der Waals surface area (Å²) in [6, 6.07) is 10.9. The zero-order chi connectivity index (χ0) is 28.4. The highest BCUT2D eigenvalue weighted by atomic mass is 19.4. The topological polar surface area (TPSA) is 43.5 Å². The van der Waals surface area contributed by atoms with E-state index < -0.39 is 31.1 Å². The number of H-pyrrole nitrogens is 1. The molecule has 40 heavy (non-hydrogen) atoms. The van der Waals surface area contributed by atoms with Crippen LogP contribution in [0.25, 0.3) is 10.9 Å². The highest BCUT2D eigenvalue weighted by molar-refractivity contribution is 5.85. The summed E-state index contributed by atoms with van der Waals surface area (Å²) in [5.41, 5.74) is 2.96. The molecule has 3 heterocycles. The lowest BCUT2D eigenvalue weighted by Gasteiger charge is -2.41. The molecule has 2 aliphatic heterocycles. The van der Waals surface area contributed by atoms with E-state index >= 15 is 0 Å². The summed E-state index contributed by atoms with van der Waals surface area (Å²) < 4.78 is 85.5. The number of aromatic nitrogens is 1. The normalized spacial score (nSPS) is 21.2. The van der Waals surface area contributed by atoms with Crippen molar-refractivity contribution in [3.05, 3.63) is 59.3 Å². The minimum Gasteiger partial charge on any atom is -0.405 e. The standard InChI is InChI=1S/C29H34F6N4O/c1-18-15-23-21-5-2-3-6-24(21)37-27(23)28(39(18)17-26(31)32)22-8-7-20(16-25(22)40-29(33,34)35)36-19-9-13-38(14-10-19)12-4-11-30/h2-3,5-8,16,18-19,26,28,36-37H,4,9-15,17H2,1H3/t18-,28-/m1/s1. The zero-order valence-corrected chi connectivity index (χ0v) is 22.3. The van der Waals surface area contributed by atoms with Gasteiger partial charge in [0.05, 0.1) is 19.3 Å². The lowest BCUT2D eigenvalue weighted by molar-refractivity contribution is -0.275. The van der Waals surface area contributed by atoms with Crippen molar-refractivity contribution in [3.63, 3.8) is 0 Å². The molecule has 2 N–H and O–H groups in total. The lowest BCUT2D eigenvalue weighted by Crippen LogP contribution is -2.45. The number of benzene rings is 2. The fourth-order valence-corrected chi connectivity index (χ4v) is 6.17. The van der Waals surface area contributed by atoms with Crippen LogP contribution < -0.4 is 10.1 Å². The van der Waals surface area contributed by atoms with Crippen molar-refractivity contribution in [2.75, 3.05) is 38.2 Å². The van der Waals surface area contributed by atoms with E-state index in [-0.39, 0.29) is 24.3 Å². The number of likely N-dealkylation sites (tertiary alicyclic amines) is 1. The fraction of sp³-hybridized carbons (Fsp3) is 0.517. The van der Waals surface area contributed by atoms with Crippen LogP contribution in [0.3, 0.4) is 0 Å². The summed E-state index contributed by atoms with van der Waals surface area (Å²) >= 11 is 0. The Morgan fingerprint density at radius 2 is 1.85 bits per heavy atom. The predicted molar refractivity (Wildman–Crippen MR) is 143 cm³/mol. The van der Waals surface area contributed by atoms with Gasteiger partial charge in [0.1, 0.15) is 5.75 Å². The van der Waals surface area contributed by atoms with Crippen molar-refractivity contribution in [2.45, 2.75) is 63.5 Å². The van der Waals surface area contributed by atoms with Crippen LogP contribution in [-0.4, -0.2) is 72.5 Å². The summed E-state index contributed by atoms with van der Waals surface area (Å²) in [7, 11) is 0. The number of halogens is 6. The van der Waals surface area contributed by atoms with Crippen molar-refractivity contribution < 1.29 is 31.1 Å². The minimum atomic E-state index is -4.97. The Bertz CT molecular complexity index is 1290. The van der Waals surface area contributed by atoms with Crippen molar-refractivity contribution in [2.24, 2.45) is 0 Å². The monoisotopic (exact) mass is 568 g/mol. The molecule has 0 spiro atoms. The summed E-state index contributed by atoms with van der Waals surface area (Å²) in [4.78, 5) is 7.05. The van der Waals surface area contributed by atoms with E-state index in [4.69, 9.17) is 0 Å². The average molecular weight is 569 g/mol. The van der Waals surface area contributed by atoms with E-state index in [0.29, 0.717) is 30.8 Å². The van der Waals surface area contributed by atoms with Gasteiger partial charge in [0.15, 0.2) is 0 Å². The molecule has 5 rings (SSSR count). The molecule has 218 valence electrons. The number of fused-ring (bicyclic) bond motifs is 3. The molecule has 0 radical (unpaired) electrons. The molecule has 1 fully saturated rings. The van der Waals surface area contributed by atoms with E-state index in [1.54, 1.807) is 17.0 Å². The Balaban J connectivity index is 1.50. The molecule has 2 aliphatic rings. The van der Waals surface area contributed by atoms with Crippen molar-refractivity contribution in [1.82, 2.24) is 14.8 Å². The number of hydrogen-bond acceptors (Lipinski definition) is 4. The first-order valence-electron chi connectivity index (χ1n) is 13.7. The molecule has 3 aromatic rings. The lowest BCUT2D eigenvalue weighted by atomic mass is 9.88. The molecular formula is C29H34F6N4O. The Kier molecular flexibility index (Phi) is 8.51. The van der Waals surface area contributed by atoms with Crippen LogP contribution in [0.5, 0.6) is 5.75 Å². The Morgan fingerprint density at radius 3 is 2.55 bits per heavy atom. The van der Waals surface area contributed by atoms with Gasteiger partial charge in [-0.3, -0.25) is 9.29 Å². The molecular weight excluding hydrogens is 534 g/mol. The minimum absolute atomic E-state index is 0.0385. The predicted octanol–water partition coefficient (Wildman–Crippen LogP) is 6.90. The van der Waals surface area contributed by atoms with Crippen molar-refractivity contribution in [1.29, 1.82) is 0 Å². The smallest absolute Gasteiger partial charge is 0.405 e. The molecule has 0 unspecified atom stereocenters. The molecule has 5 nitrogen and oxygen atoms in total. The first kappa shape index (κ1) is 28.6. The van der Waals surface area contributed by atoms with Gasteiger partial charge < -0.3 is 19.9 Å². The van der Waals surface area contributed by atoms with Crippen molar-refractivity contribution in [3.8, 4) is 5.75 Å². The fourth-order valence-electron chi connectivity index (χ4n) is 6.17. The first-order valence-corrected chi connectivity index (χ1v) is 13.7. The van der Waals surface area contributed by atoms with E-state index in [1.807, 2.05) is 31.2 Å². The third kappa shape index (κ3) is 6.35. The van der Waals surface area contributed by atoms with Gasteiger partial charge in [0.2, 0.25) is 0 Å². The second kappa shape index (κ2) is 11.9. The Morgan fingerprint density at radius 1 is 1.10 bits per heavy atom. The second-order valence-corrected chi connectivity index (χ2v) is 10.7. The molecule has 0 saturated carbocycles. The molecule has 0 bridgehead atoms. The molecule has 1 saturated heterocycles. The van der Waals surface area contributed by atoms with Crippen LogP contribution in [-0.2, 0) is 6.42 Å². The van der Waals surface area contributed by atoms with Crippen LogP contribution >= 0.6 is 0 Å². The number of para-hydroxylation sites is 1. The second-order valence-electron chi connectivity index (χ2n) is 10.7. The van der Waals surface area contributed by atoms with Crippen LogP contribution in [0, 0.1) is 0 Å². The summed E-state index contributed by atoms with van der Waals surface area (Å²) in [5.74, 6) is -0.416. The summed E-state index contributed by atoms with van der Waals surface area (Å²) in [5, 5.41) is 4.25. The molecule has 11 heteroatoms. The van der Waals surface area contributed by atoms with Gasteiger partial charge in [-0.05, 0) is 50.3 Å². The molecule has 0 aliphatic carbocycles. The highest BCUT2D eigenvalue weighted by Gasteiger charge is 2.40. The number of nitrogens with zero attached hydrogens (tertiary/aromatic N) is 2. The number of ether oxygens (including phenoxy) is 1. The largest absolute Gasteiger partial charge is 0.573 e. The van der Waals surface area contributed by atoms with Gasteiger partial charge in [0.25, 0.3) is 6.43 Å². The summed E-state index contributed by atoms with van der Waals surface area (Å²) in [6.45, 7) is 3.10. The van der Waals surface area contributed by atoms with Crippen LogP contribution in [0.1, 0.15) is 49.0 Å². The maximum Gasteiger partial charge on any atom is 0.573 e. The number of rotatable bonds is 9. The highest BCUT2D eigenvalue weighted by Crippen LogP contribution is 2.45. The van der Waals surface area contributed by atoms with Gasteiger partial charge >= 0.3 is 6.36 Å². The maximum absolute atomic E-state index is 13.8. The van der Waals surface area contributed by atoms with Crippen LogP contribution in [0.2, 0.25) is 0 Å². The van der Waals surface area contributed by atoms with Gasteiger partial charge in [-0.1, -0.05) is 24.3 Å². The molecule has 2 aromatic carbocycles. The summed E-state index contributed by atoms with van der Waals surface area (Å²) in [6.07, 6.45) is -5.12. The Hall–Kier alpha value is -2.92. The Labute approximate surface area is 229 Å². The molecule has 2 atom stereocenters. The number of anilines is 1. The first-order chi connectivity index (χ1) is 19.1. The van der Waals surface area contributed by atoms with Crippen LogP contribution in [0.4, 0.5) is 32.0 Å². The number of alkyl halides is 6. The number of piperidine rings is 1. The van der Waals surface area contributed by atoms with E-state index in [0.717, 1.165) is 42.4 Å². The van der Waals surface area contributed by atoms with Gasteiger partial charge in [-0.25, -0.2) is 8.78 Å². The van der Waals surface area contributed by atoms with E-state index in [9.17, 15) is 26.3 Å². The zero-order valence-electron chi connectivity index (χ0n) is 22.3. The van der Waals surface area contributed by atoms with Gasteiger partial charge in [-0.15, -0.1) is 13.2 Å². The van der Waals surface area contributed by atoms with Gasteiger partial charge in [-0.2, -0.15) is 0 Å². The van der Waals surface area contributed by atoms with E-state index in [1.165, 1.54) is 6.07 Å².